The summed E-state index contributed by atoms with van der Waals surface area (Å²) >= 11 is 0. The highest BCUT2D eigenvalue weighted by molar-refractivity contribution is 5.95. The Bertz CT molecular complexity index is 1310. The number of aromatic nitrogens is 4. The number of rotatable bonds is 3. The fourth-order valence-electron chi connectivity index (χ4n) is 4.22. The molecule has 0 unspecified atom stereocenters. The van der Waals surface area contributed by atoms with Crippen molar-refractivity contribution in [2.75, 3.05) is 5.32 Å². The molecule has 32 heavy (non-hydrogen) atoms. The molecule has 1 aliphatic rings. The lowest BCUT2D eigenvalue weighted by atomic mass is 10.0. The summed E-state index contributed by atoms with van der Waals surface area (Å²) in [6, 6.07) is 8.13. The second kappa shape index (κ2) is 7.42. The number of alkyl halides is 3. The topological polar surface area (TPSA) is 95.6 Å². The zero-order valence-corrected chi connectivity index (χ0v) is 16.7. The van der Waals surface area contributed by atoms with Gasteiger partial charge in [-0.25, -0.2) is 4.98 Å². The van der Waals surface area contributed by atoms with Crippen LogP contribution in [0.25, 0.3) is 27.8 Å². The van der Waals surface area contributed by atoms with Crippen molar-refractivity contribution in [2.45, 2.75) is 30.8 Å². The average Bonchev–Trinajstić information content (AvgIpc) is 3.30. The molecule has 0 amide bonds. The van der Waals surface area contributed by atoms with Gasteiger partial charge in [-0.3, -0.25) is 4.98 Å². The zero-order chi connectivity index (χ0) is 22.6. The summed E-state index contributed by atoms with van der Waals surface area (Å²) in [6.45, 7) is 3.85. The molecule has 5 rings (SSSR count). The Balaban J connectivity index is 1.59. The first-order chi connectivity index (χ1) is 15.2. The molecule has 1 saturated carbocycles. The standard InChI is InChI=1S/C22H19F3N5O2/c1-11-9-16(21(32)20(11)31)28-17-6-8-26-18-10-15(29-30(17)18)13-4-5-14(22(23,24)25)12-3-2-7-27-19(12)13/h2-8,10-11,16,20-21,28,31-32H,1,9H2/t11-,16-,20-,21+/m1/s1. The number of nitrogens with one attached hydrogen (secondary N) is 1. The molecular formula is C22H19F3N5O2. The summed E-state index contributed by atoms with van der Waals surface area (Å²) in [7, 11) is 0. The molecule has 4 aromatic rings. The van der Waals surface area contributed by atoms with Crippen LogP contribution in [-0.2, 0) is 6.18 Å². The number of pyridine rings is 1. The van der Waals surface area contributed by atoms with Gasteiger partial charge in [-0.15, -0.1) is 0 Å². The second-order valence-corrected chi connectivity index (χ2v) is 7.92. The van der Waals surface area contributed by atoms with Crippen molar-refractivity contribution in [3.05, 3.63) is 61.3 Å². The van der Waals surface area contributed by atoms with E-state index in [2.05, 4.69) is 27.3 Å². The third-order valence-electron chi connectivity index (χ3n) is 5.84. The van der Waals surface area contributed by atoms with Crippen molar-refractivity contribution in [3.63, 3.8) is 0 Å². The van der Waals surface area contributed by atoms with E-state index in [1.807, 2.05) is 0 Å². The lowest BCUT2D eigenvalue weighted by molar-refractivity contribution is -0.136. The lowest BCUT2D eigenvalue weighted by Crippen LogP contribution is -2.35. The minimum absolute atomic E-state index is 0.00887. The van der Waals surface area contributed by atoms with Gasteiger partial charge in [0.2, 0.25) is 0 Å². The van der Waals surface area contributed by atoms with Gasteiger partial charge in [-0.1, -0.05) is 6.07 Å². The Hall–Kier alpha value is -3.24. The fraction of sp³-hybridized carbons (Fsp3) is 0.273. The summed E-state index contributed by atoms with van der Waals surface area (Å²) < 4.78 is 41.8. The molecule has 1 aliphatic carbocycles. The lowest BCUT2D eigenvalue weighted by Gasteiger charge is -2.19. The molecule has 3 heterocycles. The van der Waals surface area contributed by atoms with E-state index < -0.39 is 30.0 Å². The third-order valence-corrected chi connectivity index (χ3v) is 5.84. The summed E-state index contributed by atoms with van der Waals surface area (Å²) in [5.41, 5.74) is 0.748. The van der Waals surface area contributed by atoms with E-state index in [9.17, 15) is 23.4 Å². The first-order valence-electron chi connectivity index (χ1n) is 10.00. The van der Waals surface area contributed by atoms with E-state index in [1.165, 1.54) is 28.9 Å². The van der Waals surface area contributed by atoms with Crippen molar-refractivity contribution in [1.82, 2.24) is 19.6 Å². The van der Waals surface area contributed by atoms with E-state index in [-0.39, 0.29) is 16.8 Å². The van der Waals surface area contributed by atoms with Gasteiger partial charge in [0.05, 0.1) is 28.9 Å². The van der Waals surface area contributed by atoms with Gasteiger partial charge in [-0.2, -0.15) is 22.8 Å². The molecule has 3 N–H and O–H groups in total. The normalized spacial score (nSPS) is 23.8. The van der Waals surface area contributed by atoms with Crippen molar-refractivity contribution >= 4 is 22.4 Å². The minimum atomic E-state index is -4.50. The highest BCUT2D eigenvalue weighted by Gasteiger charge is 2.39. The minimum Gasteiger partial charge on any atom is -0.390 e. The van der Waals surface area contributed by atoms with Crippen LogP contribution in [0.4, 0.5) is 19.0 Å². The van der Waals surface area contributed by atoms with Gasteiger partial charge in [0, 0.05) is 29.4 Å². The summed E-state index contributed by atoms with van der Waals surface area (Å²) in [6.07, 6.45) is -2.95. The molecule has 1 fully saturated rings. The molecular weight excluding hydrogens is 423 g/mol. The Morgan fingerprint density at radius 2 is 1.88 bits per heavy atom. The van der Waals surface area contributed by atoms with Crippen LogP contribution in [0.5, 0.6) is 0 Å². The van der Waals surface area contributed by atoms with Crippen LogP contribution in [0, 0.1) is 12.8 Å². The number of aliphatic hydroxyl groups excluding tert-OH is 2. The quantitative estimate of drug-likeness (QED) is 0.451. The molecule has 3 aromatic heterocycles. The van der Waals surface area contributed by atoms with Crippen LogP contribution < -0.4 is 5.32 Å². The second-order valence-electron chi connectivity index (χ2n) is 7.92. The highest BCUT2D eigenvalue weighted by atomic mass is 19.4. The van der Waals surface area contributed by atoms with Crippen LogP contribution >= 0.6 is 0 Å². The number of hydrogen-bond acceptors (Lipinski definition) is 6. The summed E-state index contributed by atoms with van der Waals surface area (Å²) in [4.78, 5) is 8.47. The van der Waals surface area contributed by atoms with Crippen molar-refractivity contribution < 1.29 is 23.4 Å². The van der Waals surface area contributed by atoms with E-state index in [0.29, 0.717) is 29.1 Å². The molecule has 1 aromatic carbocycles. The summed E-state index contributed by atoms with van der Waals surface area (Å²) in [5.74, 6) is 0.216. The summed E-state index contributed by atoms with van der Waals surface area (Å²) in [5, 5.41) is 27.9. The van der Waals surface area contributed by atoms with Crippen LogP contribution in [0.2, 0.25) is 0 Å². The zero-order valence-electron chi connectivity index (χ0n) is 16.7. The van der Waals surface area contributed by atoms with Crippen molar-refractivity contribution in [1.29, 1.82) is 0 Å². The first-order valence-corrected chi connectivity index (χ1v) is 10.00. The molecule has 165 valence electrons. The average molecular weight is 442 g/mol. The SMILES string of the molecule is [CH2][C@@H]1C[C@@H](Nc2ccnc3cc(-c4ccc(C(F)(F)F)c5cccnc45)nn23)[C@H](O)[C@@H]1O. The largest absolute Gasteiger partial charge is 0.417 e. The molecule has 10 heteroatoms. The molecule has 1 radical (unpaired) electrons. The number of aliphatic hydroxyl groups is 2. The number of nitrogens with zero attached hydrogens (tertiary/aromatic N) is 4. The molecule has 0 spiro atoms. The van der Waals surface area contributed by atoms with Gasteiger partial charge in [0.1, 0.15) is 11.9 Å². The molecule has 7 nitrogen and oxygen atoms in total. The van der Waals surface area contributed by atoms with Crippen LogP contribution in [-0.4, -0.2) is 48.0 Å². The van der Waals surface area contributed by atoms with Crippen molar-refractivity contribution in [3.8, 4) is 11.3 Å². The van der Waals surface area contributed by atoms with Crippen LogP contribution in [0.15, 0.2) is 48.8 Å². The molecule has 0 saturated heterocycles. The Morgan fingerprint density at radius 3 is 2.59 bits per heavy atom. The number of anilines is 1. The van der Waals surface area contributed by atoms with Gasteiger partial charge < -0.3 is 15.5 Å². The number of fused-ring (bicyclic) bond motifs is 2. The molecule has 4 atom stereocenters. The Labute approximate surface area is 180 Å². The smallest absolute Gasteiger partial charge is 0.390 e. The number of hydrogen-bond donors (Lipinski definition) is 3. The predicted octanol–water partition coefficient (Wildman–Crippen LogP) is 3.32. The molecule has 0 aliphatic heterocycles. The van der Waals surface area contributed by atoms with E-state index >= 15 is 0 Å². The number of halogens is 3. The molecule has 0 bridgehead atoms. The maximum atomic E-state index is 13.4. The maximum absolute atomic E-state index is 13.4. The predicted molar refractivity (Wildman–Crippen MR) is 112 cm³/mol. The first kappa shape index (κ1) is 20.7. The Kier molecular flexibility index (Phi) is 4.79. The maximum Gasteiger partial charge on any atom is 0.417 e. The van der Waals surface area contributed by atoms with E-state index in [0.717, 1.165) is 6.07 Å². The Morgan fingerprint density at radius 1 is 1.06 bits per heavy atom. The third kappa shape index (κ3) is 3.35. The van der Waals surface area contributed by atoms with Gasteiger partial charge >= 0.3 is 6.18 Å². The van der Waals surface area contributed by atoms with E-state index in [1.54, 1.807) is 18.3 Å². The van der Waals surface area contributed by atoms with Crippen LogP contribution in [0.1, 0.15) is 12.0 Å². The monoisotopic (exact) mass is 442 g/mol. The van der Waals surface area contributed by atoms with E-state index in [4.69, 9.17) is 0 Å². The van der Waals surface area contributed by atoms with Crippen molar-refractivity contribution in [2.24, 2.45) is 5.92 Å². The van der Waals surface area contributed by atoms with Gasteiger partial charge in [-0.05, 0) is 43.5 Å². The fourth-order valence-corrected chi connectivity index (χ4v) is 4.22. The van der Waals surface area contributed by atoms with Gasteiger partial charge in [0.25, 0.3) is 0 Å². The highest BCUT2D eigenvalue weighted by Crippen LogP contribution is 2.38. The van der Waals surface area contributed by atoms with Crippen LogP contribution in [0.3, 0.4) is 0 Å². The van der Waals surface area contributed by atoms with Gasteiger partial charge in [0.15, 0.2) is 5.65 Å². The number of benzene rings is 1.